The zero-order valence-corrected chi connectivity index (χ0v) is 15.9. The second-order valence-electron chi connectivity index (χ2n) is 8.50. The quantitative estimate of drug-likeness (QED) is 0.788. The molecule has 0 radical (unpaired) electrons. The molecule has 1 heterocycles. The molecule has 8 heteroatoms. The van der Waals surface area contributed by atoms with Gasteiger partial charge in [0.05, 0.1) is 12.2 Å². The van der Waals surface area contributed by atoms with Crippen LogP contribution in [-0.4, -0.2) is 48.3 Å². The van der Waals surface area contributed by atoms with Gasteiger partial charge in [-0.3, -0.25) is 0 Å². The molecule has 0 spiro atoms. The second kappa shape index (κ2) is 5.70. The van der Waals surface area contributed by atoms with Crippen LogP contribution in [0.15, 0.2) is 30.3 Å². The van der Waals surface area contributed by atoms with Crippen molar-refractivity contribution in [3.8, 4) is 0 Å². The lowest BCUT2D eigenvalue weighted by Gasteiger charge is -2.65. The van der Waals surface area contributed by atoms with Crippen molar-refractivity contribution in [1.29, 1.82) is 0 Å². The molecule has 1 aromatic rings. The number of alkyl halides is 3. The van der Waals surface area contributed by atoms with Gasteiger partial charge in [-0.25, -0.2) is 4.79 Å². The third-order valence-electron chi connectivity index (χ3n) is 7.32. The second-order valence-corrected chi connectivity index (χ2v) is 8.50. The van der Waals surface area contributed by atoms with E-state index in [0.29, 0.717) is 6.42 Å². The van der Waals surface area contributed by atoms with Crippen LogP contribution in [0.1, 0.15) is 32.3 Å². The van der Waals surface area contributed by atoms with Crippen molar-refractivity contribution in [2.24, 2.45) is 11.3 Å². The SMILES string of the molecule is CO[C@](C(=O)O[C@@H]1C[C@]2(C)OC[C@]3(C)[C@H]1C[C@]23O)(c1ccccc1)C(F)(F)F. The maximum absolute atomic E-state index is 14.1. The normalized spacial score (nSPS) is 41.1. The van der Waals surface area contributed by atoms with Gasteiger partial charge in [-0.15, -0.1) is 0 Å². The molecule has 1 N–H and O–H groups in total. The number of halogens is 3. The summed E-state index contributed by atoms with van der Waals surface area (Å²) in [5, 5.41) is 11.0. The maximum Gasteiger partial charge on any atom is 0.432 e. The number of methoxy groups -OCH3 is 1. The van der Waals surface area contributed by atoms with Crippen molar-refractivity contribution in [1.82, 2.24) is 0 Å². The molecule has 1 aliphatic heterocycles. The van der Waals surface area contributed by atoms with Gasteiger partial charge in [0.2, 0.25) is 0 Å². The van der Waals surface area contributed by atoms with Crippen molar-refractivity contribution in [2.45, 2.75) is 55.8 Å². The number of aliphatic hydroxyl groups is 1. The van der Waals surface area contributed by atoms with Crippen LogP contribution >= 0.6 is 0 Å². The number of carbonyl (C=O) groups is 1. The topological polar surface area (TPSA) is 65.0 Å². The lowest BCUT2D eigenvalue weighted by Crippen LogP contribution is -2.76. The molecule has 3 aliphatic carbocycles. The van der Waals surface area contributed by atoms with Crippen molar-refractivity contribution >= 4 is 5.97 Å². The first-order valence-electron chi connectivity index (χ1n) is 9.20. The van der Waals surface area contributed by atoms with Gasteiger partial charge in [-0.1, -0.05) is 37.3 Å². The molecule has 6 atom stereocenters. The summed E-state index contributed by atoms with van der Waals surface area (Å²) in [4.78, 5) is 12.9. The van der Waals surface area contributed by atoms with Crippen molar-refractivity contribution in [3.05, 3.63) is 35.9 Å². The van der Waals surface area contributed by atoms with Crippen LogP contribution < -0.4 is 0 Å². The van der Waals surface area contributed by atoms with Crippen LogP contribution in [0.4, 0.5) is 13.2 Å². The summed E-state index contributed by atoms with van der Waals surface area (Å²) in [6.45, 7) is 3.84. The van der Waals surface area contributed by atoms with Crippen molar-refractivity contribution in [3.63, 3.8) is 0 Å². The third kappa shape index (κ3) is 2.11. The summed E-state index contributed by atoms with van der Waals surface area (Å²) >= 11 is 0. The Kier molecular flexibility index (Phi) is 4.01. The fourth-order valence-corrected chi connectivity index (χ4v) is 5.45. The zero-order chi connectivity index (χ0) is 20.6. The molecule has 5 rings (SSSR count). The van der Waals surface area contributed by atoms with E-state index < -0.39 is 40.5 Å². The molecule has 28 heavy (non-hydrogen) atoms. The summed E-state index contributed by atoms with van der Waals surface area (Å²) in [6, 6.07) is 6.75. The summed E-state index contributed by atoms with van der Waals surface area (Å²) in [5.41, 5.74) is -6.20. The Bertz CT molecular complexity index is 787. The van der Waals surface area contributed by atoms with E-state index in [1.54, 1.807) is 13.0 Å². The van der Waals surface area contributed by atoms with E-state index in [2.05, 4.69) is 0 Å². The van der Waals surface area contributed by atoms with Gasteiger partial charge < -0.3 is 19.3 Å². The van der Waals surface area contributed by atoms with E-state index in [1.807, 2.05) is 6.92 Å². The number of hydrogen-bond acceptors (Lipinski definition) is 5. The number of benzene rings is 1. The lowest BCUT2D eigenvalue weighted by atomic mass is 9.41. The lowest BCUT2D eigenvalue weighted by molar-refractivity contribution is -0.302. The van der Waals surface area contributed by atoms with Crippen LogP contribution in [0, 0.1) is 11.3 Å². The standard InChI is InChI=1S/C20H23F3O5/c1-16-11-27-17(2)10-14(13(16)9-18(16,17)25)28-15(24)19(26-3,20(21,22)23)12-7-5-4-6-8-12/h4-8,13-14,25H,9-11H2,1-3H3/t13-,14+,16+,17-,18+,19-/m0/s1. The number of carbonyl (C=O) groups excluding carboxylic acids is 1. The van der Waals surface area contributed by atoms with Crippen LogP contribution in [0.2, 0.25) is 0 Å². The fourth-order valence-electron chi connectivity index (χ4n) is 5.45. The molecule has 4 bridgehead atoms. The molecular weight excluding hydrogens is 377 g/mol. The summed E-state index contributed by atoms with van der Waals surface area (Å²) in [5.74, 6) is -1.77. The van der Waals surface area contributed by atoms with Crippen LogP contribution in [0.25, 0.3) is 0 Å². The molecule has 0 amide bonds. The molecule has 1 saturated heterocycles. The Morgan fingerprint density at radius 1 is 1.21 bits per heavy atom. The Hall–Kier alpha value is -1.64. The zero-order valence-electron chi connectivity index (χ0n) is 15.9. The smallest absolute Gasteiger partial charge is 0.432 e. The third-order valence-corrected chi connectivity index (χ3v) is 7.32. The summed E-state index contributed by atoms with van der Waals surface area (Å²) in [7, 11) is 0.847. The monoisotopic (exact) mass is 400 g/mol. The van der Waals surface area contributed by atoms with Gasteiger partial charge in [-0.05, 0) is 13.3 Å². The van der Waals surface area contributed by atoms with Gasteiger partial charge >= 0.3 is 12.1 Å². The van der Waals surface area contributed by atoms with E-state index in [-0.39, 0.29) is 24.5 Å². The molecule has 0 unspecified atom stereocenters. The van der Waals surface area contributed by atoms with E-state index >= 15 is 0 Å². The van der Waals surface area contributed by atoms with Crippen LogP contribution in [0.3, 0.4) is 0 Å². The number of hydrogen-bond donors (Lipinski definition) is 1. The fraction of sp³-hybridized carbons (Fsp3) is 0.650. The number of esters is 1. The van der Waals surface area contributed by atoms with Crippen molar-refractivity contribution in [2.75, 3.05) is 13.7 Å². The average molecular weight is 400 g/mol. The van der Waals surface area contributed by atoms with Gasteiger partial charge in [0, 0.05) is 30.4 Å². The number of fused-ring (bicyclic) bond motifs is 1. The first kappa shape index (κ1) is 19.7. The largest absolute Gasteiger partial charge is 0.459 e. The van der Waals surface area contributed by atoms with E-state index in [0.717, 1.165) is 7.11 Å². The number of rotatable bonds is 4. The summed E-state index contributed by atoms with van der Waals surface area (Å²) < 4.78 is 58.2. The van der Waals surface area contributed by atoms with Crippen LogP contribution in [-0.2, 0) is 24.6 Å². The first-order chi connectivity index (χ1) is 13.0. The minimum Gasteiger partial charge on any atom is -0.459 e. The highest BCUT2D eigenvalue weighted by Gasteiger charge is 2.80. The Morgan fingerprint density at radius 3 is 2.39 bits per heavy atom. The molecule has 0 aromatic heterocycles. The molecule has 1 aromatic carbocycles. The minimum atomic E-state index is -5.02. The Morgan fingerprint density at radius 2 is 1.86 bits per heavy atom. The molecular formula is C20H23F3O5. The molecule has 5 nitrogen and oxygen atoms in total. The molecule has 3 saturated carbocycles. The number of ether oxygens (including phenoxy) is 3. The van der Waals surface area contributed by atoms with Gasteiger partial charge in [-0.2, -0.15) is 13.2 Å². The first-order valence-corrected chi connectivity index (χ1v) is 9.20. The predicted octanol–water partition coefficient (Wildman–Crippen LogP) is 2.95. The minimum absolute atomic E-state index is 0.141. The van der Waals surface area contributed by atoms with Gasteiger partial charge in [0.1, 0.15) is 11.7 Å². The van der Waals surface area contributed by atoms with E-state index in [9.17, 15) is 23.1 Å². The van der Waals surface area contributed by atoms with E-state index in [4.69, 9.17) is 14.2 Å². The van der Waals surface area contributed by atoms with Crippen LogP contribution in [0.5, 0.6) is 0 Å². The molecule has 154 valence electrons. The summed E-state index contributed by atoms with van der Waals surface area (Å²) in [6.07, 6.45) is -5.34. The highest BCUT2D eigenvalue weighted by Crippen LogP contribution is 2.71. The Balaban J connectivity index is 1.67. The Labute approximate surface area is 160 Å². The predicted molar refractivity (Wildman–Crippen MR) is 91.2 cm³/mol. The molecule has 4 fully saturated rings. The maximum atomic E-state index is 14.1. The highest BCUT2D eigenvalue weighted by atomic mass is 19.4. The molecule has 4 aliphatic rings. The van der Waals surface area contributed by atoms with Gasteiger partial charge in [0.25, 0.3) is 5.60 Å². The van der Waals surface area contributed by atoms with Crippen molar-refractivity contribution < 1.29 is 37.3 Å². The van der Waals surface area contributed by atoms with E-state index in [1.165, 1.54) is 24.3 Å². The van der Waals surface area contributed by atoms with Gasteiger partial charge in [0.15, 0.2) is 0 Å². The average Bonchev–Trinajstić information content (AvgIpc) is 2.71. The highest BCUT2D eigenvalue weighted by molar-refractivity contribution is 5.83.